The third-order valence-corrected chi connectivity index (χ3v) is 2.47. The van der Waals surface area contributed by atoms with Crippen molar-refractivity contribution in [3.8, 4) is 5.75 Å². The van der Waals surface area contributed by atoms with E-state index < -0.39 is 5.72 Å². The van der Waals surface area contributed by atoms with Crippen molar-refractivity contribution >= 4 is 17.3 Å². The minimum atomic E-state index is -0.526. The van der Waals surface area contributed by atoms with Gasteiger partial charge in [-0.3, -0.25) is 4.79 Å². The van der Waals surface area contributed by atoms with Crippen LogP contribution < -0.4 is 15.4 Å². The van der Waals surface area contributed by atoms with Crippen LogP contribution in [0.1, 0.15) is 20.8 Å². The van der Waals surface area contributed by atoms with Gasteiger partial charge in [0.2, 0.25) is 5.91 Å². The van der Waals surface area contributed by atoms with E-state index in [1.807, 2.05) is 13.8 Å². The lowest BCUT2D eigenvalue weighted by atomic mass is 10.2. The molecular weight excluding hydrogens is 232 g/mol. The molecule has 0 aromatic heterocycles. The molecule has 5 nitrogen and oxygen atoms in total. The molecule has 0 atom stereocenters. The van der Waals surface area contributed by atoms with E-state index in [1.54, 1.807) is 32.4 Å². The van der Waals surface area contributed by atoms with Crippen LogP contribution in [0.3, 0.4) is 0 Å². The summed E-state index contributed by atoms with van der Waals surface area (Å²) in [7, 11) is 3.22. The van der Waals surface area contributed by atoms with Gasteiger partial charge in [0.25, 0.3) is 0 Å². The lowest BCUT2D eigenvalue weighted by molar-refractivity contribution is -0.114. The Hall–Kier alpha value is -1.75. The summed E-state index contributed by atoms with van der Waals surface area (Å²) in [4.78, 5) is 11.0. The zero-order valence-electron chi connectivity index (χ0n) is 11.5. The molecule has 2 N–H and O–H groups in total. The molecule has 0 unspecified atom stereocenters. The summed E-state index contributed by atoms with van der Waals surface area (Å²) >= 11 is 0. The molecule has 18 heavy (non-hydrogen) atoms. The monoisotopic (exact) mass is 252 g/mol. The van der Waals surface area contributed by atoms with Crippen LogP contribution >= 0.6 is 0 Å². The second kappa shape index (κ2) is 5.73. The van der Waals surface area contributed by atoms with Gasteiger partial charge in [-0.25, -0.2) is 0 Å². The fraction of sp³-hybridized carbons (Fsp3) is 0.462. The highest BCUT2D eigenvalue weighted by Crippen LogP contribution is 2.30. The van der Waals surface area contributed by atoms with E-state index in [9.17, 15) is 4.79 Å². The first-order chi connectivity index (χ1) is 8.38. The summed E-state index contributed by atoms with van der Waals surface area (Å²) in [6, 6.07) is 5.38. The molecule has 0 bridgehead atoms. The van der Waals surface area contributed by atoms with Crippen LogP contribution in [0.15, 0.2) is 18.2 Å². The lowest BCUT2D eigenvalue weighted by Gasteiger charge is -2.27. The SMILES string of the molecule is COc1ccc(NC(C)=O)cc1NC(C)(C)OC. The molecule has 0 heterocycles. The van der Waals surface area contributed by atoms with Crippen molar-refractivity contribution in [3.05, 3.63) is 18.2 Å². The van der Waals surface area contributed by atoms with Gasteiger partial charge in [-0.2, -0.15) is 0 Å². The Morgan fingerprint density at radius 1 is 1.28 bits per heavy atom. The van der Waals surface area contributed by atoms with Gasteiger partial charge in [0.1, 0.15) is 11.5 Å². The molecule has 0 aliphatic heterocycles. The number of nitrogens with one attached hydrogen (secondary N) is 2. The van der Waals surface area contributed by atoms with E-state index in [0.29, 0.717) is 11.4 Å². The van der Waals surface area contributed by atoms with Crippen LogP contribution in [0.2, 0.25) is 0 Å². The molecule has 100 valence electrons. The van der Waals surface area contributed by atoms with E-state index >= 15 is 0 Å². The minimum absolute atomic E-state index is 0.114. The Kier molecular flexibility index (Phi) is 4.55. The van der Waals surface area contributed by atoms with Gasteiger partial charge in [-0.15, -0.1) is 0 Å². The fourth-order valence-electron chi connectivity index (χ4n) is 1.46. The Morgan fingerprint density at radius 2 is 1.94 bits per heavy atom. The number of rotatable bonds is 5. The Labute approximate surface area is 107 Å². The smallest absolute Gasteiger partial charge is 0.221 e. The van der Waals surface area contributed by atoms with Gasteiger partial charge in [0, 0.05) is 19.7 Å². The van der Waals surface area contributed by atoms with Crippen molar-refractivity contribution in [2.24, 2.45) is 0 Å². The zero-order valence-corrected chi connectivity index (χ0v) is 11.5. The standard InChI is InChI=1S/C13H20N2O3/c1-9(16)14-10-6-7-12(17-4)11(8-10)15-13(2,3)18-5/h6-8,15H,1-5H3,(H,14,16). The summed E-state index contributed by atoms with van der Waals surface area (Å²) in [5, 5.41) is 5.93. The number of carbonyl (C=O) groups is 1. The van der Waals surface area contributed by atoms with E-state index in [2.05, 4.69) is 10.6 Å². The van der Waals surface area contributed by atoms with Crippen LogP contribution in [0.25, 0.3) is 0 Å². The molecule has 1 rings (SSSR count). The summed E-state index contributed by atoms with van der Waals surface area (Å²) in [5.41, 5.74) is 0.940. The van der Waals surface area contributed by atoms with Crippen molar-refractivity contribution in [3.63, 3.8) is 0 Å². The normalized spacial score (nSPS) is 10.9. The first-order valence-electron chi connectivity index (χ1n) is 5.67. The van der Waals surface area contributed by atoms with Crippen molar-refractivity contribution in [2.75, 3.05) is 24.9 Å². The van der Waals surface area contributed by atoms with Gasteiger partial charge in [-0.1, -0.05) is 0 Å². The van der Waals surface area contributed by atoms with Crippen LogP contribution in [0, 0.1) is 0 Å². The average Bonchev–Trinajstić information content (AvgIpc) is 2.28. The number of amides is 1. The predicted octanol–water partition coefficient (Wildman–Crippen LogP) is 2.45. The lowest BCUT2D eigenvalue weighted by Crippen LogP contribution is -2.33. The first kappa shape index (κ1) is 14.3. The minimum Gasteiger partial charge on any atom is -0.495 e. The predicted molar refractivity (Wildman–Crippen MR) is 72.0 cm³/mol. The van der Waals surface area contributed by atoms with Gasteiger partial charge in [0.15, 0.2) is 0 Å². The first-order valence-corrected chi connectivity index (χ1v) is 5.67. The number of hydrogen-bond acceptors (Lipinski definition) is 4. The summed E-state index contributed by atoms with van der Waals surface area (Å²) in [5.74, 6) is 0.575. The van der Waals surface area contributed by atoms with E-state index in [1.165, 1.54) is 6.92 Å². The highest BCUT2D eigenvalue weighted by Gasteiger charge is 2.18. The molecule has 0 aliphatic rings. The van der Waals surface area contributed by atoms with Crippen LogP contribution in [-0.2, 0) is 9.53 Å². The van der Waals surface area contributed by atoms with Gasteiger partial charge in [-0.05, 0) is 32.0 Å². The molecule has 0 saturated heterocycles. The van der Waals surface area contributed by atoms with Gasteiger partial charge < -0.3 is 20.1 Å². The Morgan fingerprint density at radius 3 is 2.44 bits per heavy atom. The second-order valence-electron chi connectivity index (χ2n) is 4.44. The third-order valence-electron chi connectivity index (χ3n) is 2.47. The van der Waals surface area contributed by atoms with Crippen molar-refractivity contribution in [2.45, 2.75) is 26.5 Å². The topological polar surface area (TPSA) is 59.6 Å². The van der Waals surface area contributed by atoms with E-state index in [4.69, 9.17) is 9.47 Å². The van der Waals surface area contributed by atoms with Crippen molar-refractivity contribution in [1.82, 2.24) is 0 Å². The molecule has 5 heteroatoms. The summed E-state index contributed by atoms with van der Waals surface area (Å²) < 4.78 is 10.6. The number of benzene rings is 1. The summed E-state index contributed by atoms with van der Waals surface area (Å²) in [6.07, 6.45) is 0. The molecule has 1 amide bonds. The van der Waals surface area contributed by atoms with Crippen LogP contribution in [0.5, 0.6) is 5.75 Å². The molecule has 0 aliphatic carbocycles. The van der Waals surface area contributed by atoms with Gasteiger partial charge in [0.05, 0.1) is 12.8 Å². The number of anilines is 2. The second-order valence-corrected chi connectivity index (χ2v) is 4.44. The number of hydrogen-bond donors (Lipinski definition) is 2. The highest BCUT2D eigenvalue weighted by molar-refractivity contribution is 5.89. The third kappa shape index (κ3) is 3.92. The molecule has 0 radical (unpaired) electrons. The van der Waals surface area contributed by atoms with Crippen LogP contribution in [-0.4, -0.2) is 25.9 Å². The molecule has 1 aromatic rings. The Balaban J connectivity index is 3.02. The molecular formula is C13H20N2O3. The van der Waals surface area contributed by atoms with E-state index in [0.717, 1.165) is 5.69 Å². The maximum Gasteiger partial charge on any atom is 0.221 e. The largest absolute Gasteiger partial charge is 0.495 e. The van der Waals surface area contributed by atoms with Crippen LogP contribution in [0.4, 0.5) is 11.4 Å². The molecule has 1 aromatic carbocycles. The average molecular weight is 252 g/mol. The number of methoxy groups -OCH3 is 2. The Bertz CT molecular complexity index is 430. The number of ether oxygens (including phenoxy) is 2. The van der Waals surface area contributed by atoms with Gasteiger partial charge >= 0.3 is 0 Å². The fourth-order valence-corrected chi connectivity index (χ4v) is 1.46. The maximum atomic E-state index is 11.0. The highest BCUT2D eigenvalue weighted by atomic mass is 16.5. The number of carbonyl (C=O) groups excluding carboxylic acids is 1. The molecule has 0 spiro atoms. The molecule has 0 fully saturated rings. The zero-order chi connectivity index (χ0) is 13.8. The van der Waals surface area contributed by atoms with E-state index in [-0.39, 0.29) is 5.91 Å². The quantitative estimate of drug-likeness (QED) is 0.790. The van der Waals surface area contributed by atoms with Crippen molar-refractivity contribution in [1.29, 1.82) is 0 Å². The maximum absolute atomic E-state index is 11.0. The van der Waals surface area contributed by atoms with Crippen molar-refractivity contribution < 1.29 is 14.3 Å². The molecule has 0 saturated carbocycles. The summed E-state index contributed by atoms with van der Waals surface area (Å²) in [6.45, 7) is 5.27.